The third kappa shape index (κ3) is 4.98. The van der Waals surface area contributed by atoms with E-state index in [1.165, 1.54) is 0 Å². The van der Waals surface area contributed by atoms with Gasteiger partial charge >= 0.3 is 0 Å². The molecule has 0 fully saturated rings. The van der Waals surface area contributed by atoms with Crippen LogP contribution in [0.2, 0.25) is 0 Å². The Morgan fingerprint density at radius 1 is 1.45 bits per heavy atom. The lowest BCUT2D eigenvalue weighted by molar-refractivity contribution is -0.0864. The maximum absolute atomic E-state index is 5.47. The van der Waals surface area contributed by atoms with E-state index >= 15 is 0 Å². The van der Waals surface area contributed by atoms with Crippen LogP contribution in [-0.4, -0.2) is 24.4 Å². The molecule has 0 unspecified atom stereocenters. The molecule has 0 spiro atoms. The number of methoxy groups -OCH3 is 1. The van der Waals surface area contributed by atoms with Crippen molar-refractivity contribution in [2.75, 3.05) is 18.3 Å². The van der Waals surface area contributed by atoms with Gasteiger partial charge in [-0.05, 0) is 12.3 Å². The lowest BCUT2D eigenvalue weighted by Crippen LogP contribution is -2.23. The van der Waals surface area contributed by atoms with Crippen molar-refractivity contribution in [1.29, 1.82) is 0 Å². The van der Waals surface area contributed by atoms with E-state index in [0.29, 0.717) is 18.8 Å². The molecule has 11 heavy (non-hydrogen) atoms. The van der Waals surface area contributed by atoms with Crippen LogP contribution >= 0.6 is 22.6 Å². The van der Waals surface area contributed by atoms with Crippen molar-refractivity contribution in [1.82, 2.24) is 0 Å². The molecule has 3 heteroatoms. The molecule has 2 atom stereocenters. The molecule has 0 amide bonds. The number of rotatable bonds is 6. The summed E-state index contributed by atoms with van der Waals surface area (Å²) >= 11 is 2.38. The summed E-state index contributed by atoms with van der Waals surface area (Å²) in [5.41, 5.74) is 0. The minimum absolute atomic E-state index is 0.354. The molecule has 0 saturated heterocycles. The maximum atomic E-state index is 5.47. The quantitative estimate of drug-likeness (QED) is 0.420. The third-order valence-electron chi connectivity index (χ3n) is 1.68. The zero-order valence-corrected chi connectivity index (χ0v) is 9.63. The molecule has 0 aromatic rings. The molecule has 0 aromatic carbocycles. The average molecular weight is 272 g/mol. The lowest BCUT2D eigenvalue weighted by Gasteiger charge is -2.20. The van der Waals surface area contributed by atoms with Crippen LogP contribution in [0, 0.1) is 5.92 Å². The van der Waals surface area contributed by atoms with Gasteiger partial charge in [-0.3, -0.25) is 0 Å². The SMILES string of the molecule is CC[C@H](OCOC)[C@@H](C)CI. The van der Waals surface area contributed by atoms with Gasteiger partial charge in [-0.2, -0.15) is 0 Å². The second-order valence-corrected chi connectivity index (χ2v) is 3.53. The van der Waals surface area contributed by atoms with Gasteiger partial charge in [0.1, 0.15) is 6.79 Å². The predicted molar refractivity (Wildman–Crippen MR) is 55.1 cm³/mol. The van der Waals surface area contributed by atoms with Crippen LogP contribution in [0.4, 0.5) is 0 Å². The van der Waals surface area contributed by atoms with Gasteiger partial charge in [-0.25, -0.2) is 0 Å². The highest BCUT2D eigenvalue weighted by Crippen LogP contribution is 2.13. The molecule has 2 nitrogen and oxygen atoms in total. The lowest BCUT2D eigenvalue weighted by atomic mass is 10.1. The van der Waals surface area contributed by atoms with Crippen molar-refractivity contribution in [3.8, 4) is 0 Å². The molecule has 0 heterocycles. The van der Waals surface area contributed by atoms with Crippen molar-refractivity contribution in [3.63, 3.8) is 0 Å². The second-order valence-electron chi connectivity index (χ2n) is 2.65. The van der Waals surface area contributed by atoms with Gasteiger partial charge in [-0.1, -0.05) is 36.4 Å². The number of ether oxygens (including phenoxy) is 2. The zero-order valence-electron chi connectivity index (χ0n) is 7.47. The zero-order chi connectivity index (χ0) is 8.69. The second kappa shape index (κ2) is 7.31. The van der Waals surface area contributed by atoms with E-state index in [1.54, 1.807) is 7.11 Å². The first-order valence-corrected chi connectivity index (χ1v) is 5.45. The summed E-state index contributed by atoms with van der Waals surface area (Å²) in [6.07, 6.45) is 1.42. The van der Waals surface area contributed by atoms with E-state index in [1.807, 2.05) is 0 Å². The van der Waals surface area contributed by atoms with Crippen LogP contribution in [0.5, 0.6) is 0 Å². The standard InChI is InChI=1S/C8H17IO2/c1-4-8(7(2)5-9)11-6-10-3/h7-8H,4-6H2,1-3H3/t7-,8-/m0/s1. The van der Waals surface area contributed by atoms with E-state index < -0.39 is 0 Å². The van der Waals surface area contributed by atoms with Crippen molar-refractivity contribution >= 4 is 22.6 Å². The number of alkyl halides is 1. The van der Waals surface area contributed by atoms with E-state index in [2.05, 4.69) is 36.4 Å². The number of halogens is 1. The topological polar surface area (TPSA) is 18.5 Å². The molecule has 0 N–H and O–H groups in total. The number of hydrogen-bond acceptors (Lipinski definition) is 2. The monoisotopic (exact) mass is 272 g/mol. The molecule has 0 radical (unpaired) electrons. The van der Waals surface area contributed by atoms with E-state index in [9.17, 15) is 0 Å². The van der Waals surface area contributed by atoms with Crippen molar-refractivity contribution < 1.29 is 9.47 Å². The highest BCUT2D eigenvalue weighted by molar-refractivity contribution is 14.1. The van der Waals surface area contributed by atoms with Gasteiger partial charge in [0, 0.05) is 11.5 Å². The molecular weight excluding hydrogens is 255 g/mol. The third-order valence-corrected chi connectivity index (χ3v) is 3.07. The van der Waals surface area contributed by atoms with Crippen LogP contribution in [0.1, 0.15) is 20.3 Å². The minimum atomic E-state index is 0.354. The van der Waals surface area contributed by atoms with Crippen molar-refractivity contribution in [2.45, 2.75) is 26.4 Å². The summed E-state index contributed by atoms with van der Waals surface area (Å²) < 4.78 is 11.4. The van der Waals surface area contributed by atoms with Crippen LogP contribution in [0.15, 0.2) is 0 Å². The fraction of sp³-hybridized carbons (Fsp3) is 1.00. The molecule has 0 aliphatic carbocycles. The maximum Gasteiger partial charge on any atom is 0.146 e. The van der Waals surface area contributed by atoms with Crippen LogP contribution < -0.4 is 0 Å². The smallest absolute Gasteiger partial charge is 0.146 e. The van der Waals surface area contributed by atoms with Crippen LogP contribution in [-0.2, 0) is 9.47 Å². The summed E-state index contributed by atoms with van der Waals surface area (Å²) in [6, 6.07) is 0. The first-order chi connectivity index (χ1) is 5.26. The van der Waals surface area contributed by atoms with E-state index in [4.69, 9.17) is 9.47 Å². The normalized spacial score (nSPS) is 16.4. The summed E-state index contributed by atoms with van der Waals surface area (Å²) in [4.78, 5) is 0. The van der Waals surface area contributed by atoms with Crippen molar-refractivity contribution in [3.05, 3.63) is 0 Å². The molecule has 0 aliphatic rings. The van der Waals surface area contributed by atoms with Gasteiger partial charge in [0.15, 0.2) is 0 Å². The summed E-state index contributed by atoms with van der Waals surface area (Å²) in [5, 5.41) is 0. The first-order valence-electron chi connectivity index (χ1n) is 3.92. The van der Waals surface area contributed by atoms with Gasteiger partial charge in [-0.15, -0.1) is 0 Å². The Hall–Kier alpha value is 0.650. The predicted octanol–water partition coefficient (Wildman–Crippen LogP) is 2.46. The van der Waals surface area contributed by atoms with E-state index in [0.717, 1.165) is 10.8 Å². The van der Waals surface area contributed by atoms with Gasteiger partial charge < -0.3 is 9.47 Å². The molecular formula is C8H17IO2. The Morgan fingerprint density at radius 3 is 2.45 bits per heavy atom. The van der Waals surface area contributed by atoms with Gasteiger partial charge in [0.05, 0.1) is 6.10 Å². The summed E-state index contributed by atoms with van der Waals surface area (Å²) in [7, 11) is 1.65. The fourth-order valence-corrected chi connectivity index (χ4v) is 1.51. The Labute approximate surface area is 82.8 Å². The van der Waals surface area contributed by atoms with Crippen LogP contribution in [0.25, 0.3) is 0 Å². The minimum Gasteiger partial charge on any atom is -0.359 e. The Kier molecular flexibility index (Phi) is 7.74. The fourth-order valence-electron chi connectivity index (χ4n) is 0.939. The Balaban J connectivity index is 3.56. The van der Waals surface area contributed by atoms with Crippen molar-refractivity contribution in [2.24, 2.45) is 5.92 Å². The van der Waals surface area contributed by atoms with Gasteiger partial charge in [0.2, 0.25) is 0 Å². The Bertz CT molecular complexity index is 88.2. The van der Waals surface area contributed by atoms with Gasteiger partial charge in [0.25, 0.3) is 0 Å². The molecule has 0 aromatic heterocycles. The summed E-state index contributed by atoms with van der Waals surface area (Å²) in [5.74, 6) is 0.621. The summed E-state index contributed by atoms with van der Waals surface area (Å²) in [6.45, 7) is 4.76. The highest BCUT2D eigenvalue weighted by atomic mass is 127. The molecule has 0 saturated carbocycles. The molecule has 0 aliphatic heterocycles. The number of hydrogen-bond donors (Lipinski definition) is 0. The average Bonchev–Trinajstić information content (AvgIpc) is 2.05. The van der Waals surface area contributed by atoms with E-state index in [-0.39, 0.29) is 0 Å². The molecule has 0 bridgehead atoms. The van der Waals surface area contributed by atoms with Crippen LogP contribution in [0.3, 0.4) is 0 Å². The Morgan fingerprint density at radius 2 is 2.09 bits per heavy atom. The highest BCUT2D eigenvalue weighted by Gasteiger charge is 2.13. The molecule has 0 rings (SSSR count). The first kappa shape index (κ1) is 11.6. The largest absolute Gasteiger partial charge is 0.359 e. The molecule has 68 valence electrons.